The molecule has 9 heteroatoms. The Balaban J connectivity index is 1.23. The topological polar surface area (TPSA) is 75.2 Å². The Bertz CT molecular complexity index is 1010. The van der Waals surface area contributed by atoms with E-state index in [-0.39, 0.29) is 0 Å². The third-order valence-corrected chi connectivity index (χ3v) is 7.76. The molecule has 0 atom stereocenters. The van der Waals surface area contributed by atoms with Crippen LogP contribution in [0.4, 0.5) is 5.82 Å². The summed E-state index contributed by atoms with van der Waals surface area (Å²) >= 11 is 0. The second-order valence-corrected chi connectivity index (χ2v) is 10.7. The first-order valence-corrected chi connectivity index (χ1v) is 14.4. The highest BCUT2D eigenvalue weighted by Gasteiger charge is 2.24. The van der Waals surface area contributed by atoms with Gasteiger partial charge in [0.1, 0.15) is 18.2 Å². The van der Waals surface area contributed by atoms with Crippen LogP contribution in [0.2, 0.25) is 0 Å². The Hall–Kier alpha value is -2.30. The fraction of sp³-hybridized carbons (Fsp3) is 0.655. The summed E-state index contributed by atoms with van der Waals surface area (Å²) in [6, 6.07) is 8.74. The molecule has 0 saturated carbocycles. The molecule has 0 radical (unpaired) electrons. The molecule has 38 heavy (non-hydrogen) atoms. The molecule has 1 aromatic heterocycles. The van der Waals surface area contributed by atoms with Crippen LogP contribution in [-0.4, -0.2) is 116 Å². The molecule has 0 spiro atoms. The lowest BCUT2D eigenvalue weighted by Gasteiger charge is -2.32. The summed E-state index contributed by atoms with van der Waals surface area (Å²) in [6.45, 7) is 17.4. The average molecular weight is 525 g/mol. The maximum atomic E-state index is 6.01. The number of nitrogens with zero attached hydrogens (tertiary/aromatic N) is 5. The standard InChI is InChI=1S/C29H44N6O3/c1-23(2)35-11-8-27-26(22-35)29(30-9-3-10-33-12-17-36-18-13-33)32-28(31-27)24-4-6-25(7-5-24)38-21-16-34-14-19-37-20-15-34/h4-7,23H,3,8-22H2,1-2H3,(H,30,31,32). The number of ether oxygens (including phenoxy) is 3. The normalized spacial score (nSPS) is 19.4. The summed E-state index contributed by atoms with van der Waals surface area (Å²) in [5, 5.41) is 3.68. The number of aromatic nitrogens is 2. The molecule has 3 aliphatic rings. The van der Waals surface area contributed by atoms with Crippen molar-refractivity contribution >= 4 is 5.82 Å². The van der Waals surface area contributed by atoms with E-state index in [1.54, 1.807) is 0 Å². The van der Waals surface area contributed by atoms with Crippen molar-refractivity contribution in [1.82, 2.24) is 24.7 Å². The molecule has 2 fully saturated rings. The van der Waals surface area contributed by atoms with Crippen molar-refractivity contribution in [3.8, 4) is 17.1 Å². The van der Waals surface area contributed by atoms with Crippen LogP contribution in [0.3, 0.4) is 0 Å². The minimum absolute atomic E-state index is 0.507. The maximum absolute atomic E-state index is 6.01. The lowest BCUT2D eigenvalue weighted by atomic mass is 10.0. The molecule has 2 saturated heterocycles. The number of fused-ring (bicyclic) bond motifs is 1. The smallest absolute Gasteiger partial charge is 0.161 e. The predicted molar refractivity (Wildman–Crippen MR) is 150 cm³/mol. The Morgan fingerprint density at radius 2 is 1.58 bits per heavy atom. The van der Waals surface area contributed by atoms with Crippen molar-refractivity contribution in [3.05, 3.63) is 35.5 Å². The van der Waals surface area contributed by atoms with Crippen LogP contribution < -0.4 is 10.1 Å². The molecule has 1 aromatic carbocycles. The number of benzene rings is 1. The Morgan fingerprint density at radius 3 is 2.26 bits per heavy atom. The third-order valence-electron chi connectivity index (χ3n) is 7.76. The van der Waals surface area contributed by atoms with E-state index in [4.69, 9.17) is 24.2 Å². The number of nitrogens with one attached hydrogen (secondary N) is 1. The predicted octanol–water partition coefficient (Wildman–Crippen LogP) is 2.76. The van der Waals surface area contributed by atoms with E-state index >= 15 is 0 Å². The van der Waals surface area contributed by atoms with Crippen molar-refractivity contribution in [2.75, 3.05) is 90.7 Å². The van der Waals surface area contributed by atoms with Crippen molar-refractivity contribution in [1.29, 1.82) is 0 Å². The quantitative estimate of drug-likeness (QED) is 0.447. The number of hydrogen-bond acceptors (Lipinski definition) is 9. The van der Waals surface area contributed by atoms with Crippen molar-refractivity contribution < 1.29 is 14.2 Å². The summed E-state index contributed by atoms with van der Waals surface area (Å²) in [5.41, 5.74) is 3.45. The third kappa shape index (κ3) is 7.42. The number of hydrogen-bond donors (Lipinski definition) is 1. The molecule has 4 heterocycles. The highest BCUT2D eigenvalue weighted by molar-refractivity contribution is 5.61. The summed E-state index contributed by atoms with van der Waals surface area (Å²) in [5.74, 6) is 2.66. The van der Waals surface area contributed by atoms with Gasteiger partial charge in [0.25, 0.3) is 0 Å². The van der Waals surface area contributed by atoms with Gasteiger partial charge < -0.3 is 19.5 Å². The molecular weight excluding hydrogens is 480 g/mol. The zero-order chi connectivity index (χ0) is 26.2. The van der Waals surface area contributed by atoms with Crippen LogP contribution in [0.25, 0.3) is 11.4 Å². The van der Waals surface area contributed by atoms with E-state index in [0.717, 1.165) is 121 Å². The second kappa shape index (κ2) is 13.7. The SMILES string of the molecule is CC(C)N1CCc2nc(-c3ccc(OCCN4CCOCC4)cc3)nc(NCCCN3CCOCC3)c2C1. The molecule has 0 amide bonds. The van der Waals surface area contributed by atoms with Crippen molar-refractivity contribution in [2.24, 2.45) is 0 Å². The maximum Gasteiger partial charge on any atom is 0.161 e. The van der Waals surface area contributed by atoms with Gasteiger partial charge >= 0.3 is 0 Å². The molecule has 208 valence electrons. The van der Waals surface area contributed by atoms with E-state index in [1.807, 2.05) is 12.1 Å². The Morgan fingerprint density at radius 1 is 0.895 bits per heavy atom. The first-order chi connectivity index (χ1) is 18.7. The lowest BCUT2D eigenvalue weighted by Crippen LogP contribution is -2.38. The van der Waals surface area contributed by atoms with Gasteiger partial charge in [-0.3, -0.25) is 14.7 Å². The fourth-order valence-corrected chi connectivity index (χ4v) is 5.30. The second-order valence-electron chi connectivity index (χ2n) is 10.7. The van der Waals surface area contributed by atoms with Gasteiger partial charge in [-0.15, -0.1) is 0 Å². The van der Waals surface area contributed by atoms with Gasteiger partial charge in [0.2, 0.25) is 0 Å². The van der Waals surface area contributed by atoms with E-state index in [1.165, 1.54) is 11.3 Å². The molecule has 9 nitrogen and oxygen atoms in total. The molecule has 5 rings (SSSR count). The molecule has 3 aliphatic heterocycles. The van der Waals surface area contributed by atoms with Gasteiger partial charge in [-0.2, -0.15) is 0 Å². The molecular formula is C29H44N6O3. The Labute approximate surface area is 227 Å². The van der Waals surface area contributed by atoms with E-state index in [0.29, 0.717) is 12.6 Å². The van der Waals surface area contributed by atoms with Gasteiger partial charge in [-0.25, -0.2) is 9.97 Å². The molecule has 0 unspecified atom stereocenters. The highest BCUT2D eigenvalue weighted by atomic mass is 16.5. The lowest BCUT2D eigenvalue weighted by molar-refractivity contribution is 0.0322. The highest BCUT2D eigenvalue weighted by Crippen LogP contribution is 2.29. The van der Waals surface area contributed by atoms with Crippen LogP contribution in [0.1, 0.15) is 31.5 Å². The van der Waals surface area contributed by atoms with Gasteiger partial charge in [0.05, 0.1) is 32.1 Å². The average Bonchev–Trinajstić information content (AvgIpc) is 2.96. The van der Waals surface area contributed by atoms with Gasteiger partial charge in [-0.1, -0.05) is 0 Å². The summed E-state index contributed by atoms with van der Waals surface area (Å²) in [4.78, 5) is 17.5. The van der Waals surface area contributed by atoms with Gasteiger partial charge in [-0.05, 0) is 51.1 Å². The van der Waals surface area contributed by atoms with Crippen molar-refractivity contribution in [2.45, 2.75) is 39.3 Å². The summed E-state index contributed by atoms with van der Waals surface area (Å²) < 4.78 is 16.9. The monoisotopic (exact) mass is 524 g/mol. The minimum Gasteiger partial charge on any atom is -0.492 e. The van der Waals surface area contributed by atoms with Crippen molar-refractivity contribution in [3.63, 3.8) is 0 Å². The van der Waals surface area contributed by atoms with Crippen LogP contribution >= 0.6 is 0 Å². The van der Waals surface area contributed by atoms with Crippen LogP contribution in [0.15, 0.2) is 24.3 Å². The Kier molecular flexibility index (Phi) is 9.81. The van der Waals surface area contributed by atoms with E-state index < -0.39 is 0 Å². The molecule has 2 aromatic rings. The number of morpholine rings is 2. The zero-order valence-electron chi connectivity index (χ0n) is 23.2. The first kappa shape index (κ1) is 27.3. The first-order valence-electron chi connectivity index (χ1n) is 14.4. The number of anilines is 1. The van der Waals surface area contributed by atoms with Crippen LogP contribution in [0, 0.1) is 0 Å². The fourth-order valence-electron chi connectivity index (χ4n) is 5.30. The van der Waals surface area contributed by atoms with E-state index in [2.05, 4.69) is 46.0 Å². The van der Waals surface area contributed by atoms with E-state index in [9.17, 15) is 0 Å². The molecule has 0 bridgehead atoms. The molecule has 0 aliphatic carbocycles. The zero-order valence-corrected chi connectivity index (χ0v) is 23.2. The minimum atomic E-state index is 0.507. The van der Waals surface area contributed by atoms with Gasteiger partial charge in [0, 0.05) is 75.9 Å². The number of rotatable bonds is 11. The summed E-state index contributed by atoms with van der Waals surface area (Å²) in [6.07, 6.45) is 2.03. The largest absolute Gasteiger partial charge is 0.492 e. The van der Waals surface area contributed by atoms with Crippen LogP contribution in [0.5, 0.6) is 5.75 Å². The summed E-state index contributed by atoms with van der Waals surface area (Å²) in [7, 11) is 0. The molecule has 1 N–H and O–H groups in total. The van der Waals surface area contributed by atoms with Gasteiger partial charge in [0.15, 0.2) is 5.82 Å². The van der Waals surface area contributed by atoms with Crippen LogP contribution in [-0.2, 0) is 22.4 Å².